The van der Waals surface area contributed by atoms with Crippen molar-refractivity contribution in [2.75, 3.05) is 4.90 Å². The third-order valence-electron chi connectivity index (χ3n) is 6.47. The first-order chi connectivity index (χ1) is 16.3. The molecule has 0 atom stereocenters. The van der Waals surface area contributed by atoms with Gasteiger partial charge in [-0.3, -0.25) is 0 Å². The normalized spacial score (nSPS) is 13.4. The maximum Gasteiger partial charge on any atom is 0.256 e. The predicted octanol–water partition coefficient (Wildman–Crippen LogP) is 5.68. The highest BCUT2D eigenvalue weighted by Crippen LogP contribution is 2.38. The maximum absolute atomic E-state index is 6.46. The second kappa shape index (κ2) is 7.72. The number of nitrogens with zero attached hydrogens (tertiary/aromatic N) is 1. The zero-order valence-electron chi connectivity index (χ0n) is 18.2. The predicted molar refractivity (Wildman–Crippen MR) is 140 cm³/mol. The summed E-state index contributed by atoms with van der Waals surface area (Å²) < 4.78 is 6.46. The summed E-state index contributed by atoms with van der Waals surface area (Å²) >= 11 is 0. The maximum atomic E-state index is 6.46. The number of rotatable bonds is 4. The number of hydrogen-bond acceptors (Lipinski definition) is 2. The Morgan fingerprint density at radius 2 is 1.52 bits per heavy atom. The molecule has 0 aliphatic carbocycles. The van der Waals surface area contributed by atoms with Crippen LogP contribution in [-0.4, -0.2) is 6.71 Å². The van der Waals surface area contributed by atoms with E-state index in [2.05, 4.69) is 103 Å². The van der Waals surface area contributed by atoms with Gasteiger partial charge in [0, 0.05) is 17.1 Å². The SMILES string of the molecule is C=C/C=C(\C=C)N1c2ccccc2B2c3cc(-c4ccccc4)ccc3Oc3cccc1c32. The highest BCUT2D eigenvalue weighted by atomic mass is 16.5. The van der Waals surface area contributed by atoms with Gasteiger partial charge in [0.15, 0.2) is 0 Å². The van der Waals surface area contributed by atoms with Gasteiger partial charge in [-0.1, -0.05) is 86.0 Å². The molecular formula is C30H22BNO. The van der Waals surface area contributed by atoms with Crippen molar-refractivity contribution >= 4 is 34.5 Å². The molecule has 0 saturated heterocycles. The fraction of sp³-hybridized carbons (Fsp3) is 0. The van der Waals surface area contributed by atoms with Crippen molar-refractivity contribution in [2.24, 2.45) is 0 Å². The lowest BCUT2D eigenvalue weighted by Gasteiger charge is -2.40. The molecule has 0 N–H and O–H groups in total. The van der Waals surface area contributed by atoms with E-state index < -0.39 is 0 Å². The number of allylic oxidation sites excluding steroid dienone is 3. The van der Waals surface area contributed by atoms with Gasteiger partial charge >= 0.3 is 0 Å². The summed E-state index contributed by atoms with van der Waals surface area (Å²) in [6.45, 7) is 8.06. The van der Waals surface area contributed by atoms with Crippen molar-refractivity contribution in [1.82, 2.24) is 0 Å². The van der Waals surface area contributed by atoms with E-state index >= 15 is 0 Å². The largest absolute Gasteiger partial charge is 0.458 e. The number of anilines is 2. The van der Waals surface area contributed by atoms with Crippen LogP contribution < -0.4 is 26.0 Å². The highest BCUT2D eigenvalue weighted by Gasteiger charge is 2.41. The van der Waals surface area contributed by atoms with E-state index in [1.807, 2.05) is 18.2 Å². The zero-order chi connectivity index (χ0) is 22.4. The van der Waals surface area contributed by atoms with Crippen LogP contribution >= 0.6 is 0 Å². The van der Waals surface area contributed by atoms with Crippen LogP contribution in [0.4, 0.5) is 11.4 Å². The molecule has 2 heterocycles. The Labute approximate surface area is 194 Å². The Hall–Kier alpha value is -4.24. The Kier molecular flexibility index (Phi) is 4.55. The van der Waals surface area contributed by atoms with Crippen LogP contribution in [0.1, 0.15) is 0 Å². The number of fused-ring (bicyclic) bond motifs is 4. The molecule has 6 rings (SSSR count). The molecule has 0 fully saturated rings. The number of para-hydroxylation sites is 1. The third-order valence-corrected chi connectivity index (χ3v) is 6.47. The molecule has 33 heavy (non-hydrogen) atoms. The van der Waals surface area contributed by atoms with E-state index in [4.69, 9.17) is 4.74 Å². The van der Waals surface area contributed by atoms with E-state index in [9.17, 15) is 0 Å². The smallest absolute Gasteiger partial charge is 0.256 e. The molecule has 156 valence electrons. The minimum absolute atomic E-state index is 0.0888. The fourth-order valence-corrected chi connectivity index (χ4v) is 5.08. The van der Waals surface area contributed by atoms with E-state index in [0.29, 0.717) is 0 Å². The summed E-state index contributed by atoms with van der Waals surface area (Å²) in [4.78, 5) is 2.26. The summed E-state index contributed by atoms with van der Waals surface area (Å²) in [6, 6.07) is 32.0. The lowest BCUT2D eigenvalue weighted by molar-refractivity contribution is 0.487. The van der Waals surface area contributed by atoms with Gasteiger partial charge in [-0.15, -0.1) is 0 Å². The molecule has 4 aromatic carbocycles. The average Bonchev–Trinajstić information content (AvgIpc) is 2.88. The van der Waals surface area contributed by atoms with Crippen molar-refractivity contribution < 1.29 is 4.74 Å². The molecule has 0 aromatic heterocycles. The minimum atomic E-state index is 0.0888. The van der Waals surface area contributed by atoms with Crippen molar-refractivity contribution in [3.63, 3.8) is 0 Å². The van der Waals surface area contributed by atoms with E-state index in [0.717, 1.165) is 28.6 Å². The molecule has 2 aliphatic rings. The van der Waals surface area contributed by atoms with Crippen LogP contribution in [0.25, 0.3) is 11.1 Å². The highest BCUT2D eigenvalue weighted by molar-refractivity contribution is 6.99. The molecule has 0 saturated carbocycles. The van der Waals surface area contributed by atoms with Gasteiger partial charge in [0.1, 0.15) is 11.5 Å². The number of hydrogen-bond donors (Lipinski definition) is 0. The van der Waals surface area contributed by atoms with Gasteiger partial charge in [0.2, 0.25) is 0 Å². The van der Waals surface area contributed by atoms with Gasteiger partial charge in [-0.2, -0.15) is 0 Å². The molecule has 0 bridgehead atoms. The van der Waals surface area contributed by atoms with Crippen molar-refractivity contribution in [1.29, 1.82) is 0 Å². The average molecular weight is 423 g/mol. The van der Waals surface area contributed by atoms with E-state index in [-0.39, 0.29) is 6.71 Å². The van der Waals surface area contributed by atoms with Crippen LogP contribution in [0.15, 0.2) is 128 Å². The quantitative estimate of drug-likeness (QED) is 0.272. The van der Waals surface area contributed by atoms with Crippen molar-refractivity contribution in [2.45, 2.75) is 0 Å². The van der Waals surface area contributed by atoms with E-state index in [1.54, 1.807) is 6.08 Å². The van der Waals surface area contributed by atoms with Crippen molar-refractivity contribution in [3.05, 3.63) is 128 Å². The lowest BCUT2D eigenvalue weighted by Crippen LogP contribution is -2.59. The van der Waals surface area contributed by atoms with Crippen LogP contribution in [-0.2, 0) is 0 Å². The zero-order valence-corrected chi connectivity index (χ0v) is 18.2. The van der Waals surface area contributed by atoms with Gasteiger partial charge < -0.3 is 9.64 Å². The summed E-state index contributed by atoms with van der Waals surface area (Å²) in [5.41, 5.74) is 9.27. The lowest BCUT2D eigenvalue weighted by atomic mass is 9.34. The molecular weight excluding hydrogens is 401 g/mol. The van der Waals surface area contributed by atoms with Gasteiger partial charge in [-0.05, 0) is 63.9 Å². The summed E-state index contributed by atoms with van der Waals surface area (Å²) in [7, 11) is 0. The first-order valence-electron chi connectivity index (χ1n) is 11.1. The third kappa shape index (κ3) is 2.97. The minimum Gasteiger partial charge on any atom is -0.458 e. The van der Waals surface area contributed by atoms with Gasteiger partial charge in [0.05, 0.1) is 0 Å². The Morgan fingerprint density at radius 1 is 0.727 bits per heavy atom. The summed E-state index contributed by atoms with van der Waals surface area (Å²) in [5.74, 6) is 1.82. The molecule has 0 amide bonds. The van der Waals surface area contributed by atoms with Gasteiger partial charge in [0.25, 0.3) is 6.71 Å². The number of ether oxygens (including phenoxy) is 1. The Morgan fingerprint density at radius 3 is 2.33 bits per heavy atom. The second-order valence-electron chi connectivity index (χ2n) is 8.27. The molecule has 2 nitrogen and oxygen atoms in total. The molecule has 0 radical (unpaired) electrons. The number of benzene rings is 4. The topological polar surface area (TPSA) is 12.5 Å². The standard InChI is InChI=1S/C30H22BNO/c1-3-11-23(4-2)32-26-15-9-8-14-24(26)31-25-20-22(21-12-6-5-7-13-21)18-19-28(25)33-29-17-10-16-27(32)30(29)31/h3-20H,1-2H2/b23-11+. The molecule has 4 aromatic rings. The first kappa shape index (κ1) is 19.5. The van der Waals surface area contributed by atoms with Crippen LogP contribution in [0, 0.1) is 0 Å². The van der Waals surface area contributed by atoms with Gasteiger partial charge in [-0.25, -0.2) is 0 Å². The Balaban J connectivity index is 1.63. The summed E-state index contributed by atoms with van der Waals surface area (Å²) in [6.07, 6.45) is 5.68. The monoisotopic (exact) mass is 423 g/mol. The second-order valence-corrected chi connectivity index (χ2v) is 8.27. The molecule has 2 aliphatic heterocycles. The fourth-order valence-electron chi connectivity index (χ4n) is 5.08. The van der Waals surface area contributed by atoms with Crippen LogP contribution in [0.3, 0.4) is 0 Å². The first-order valence-corrected chi connectivity index (χ1v) is 11.1. The molecule has 0 unspecified atom stereocenters. The van der Waals surface area contributed by atoms with Crippen molar-refractivity contribution in [3.8, 4) is 22.6 Å². The molecule has 3 heteroatoms. The summed E-state index contributed by atoms with van der Waals surface area (Å²) in [5, 5.41) is 0. The molecule has 0 spiro atoms. The van der Waals surface area contributed by atoms with Crippen LogP contribution in [0.5, 0.6) is 11.5 Å². The Bertz CT molecular complexity index is 1440. The van der Waals surface area contributed by atoms with E-state index in [1.165, 1.54) is 27.5 Å². The van der Waals surface area contributed by atoms with Crippen LogP contribution in [0.2, 0.25) is 0 Å².